The highest BCUT2D eigenvalue weighted by Crippen LogP contribution is 2.26. The van der Waals surface area contributed by atoms with Crippen LogP contribution < -0.4 is 10.6 Å². The van der Waals surface area contributed by atoms with Crippen LogP contribution >= 0.6 is 0 Å². The number of hydrogen-bond donors (Lipinski definition) is 2. The van der Waals surface area contributed by atoms with Crippen LogP contribution in [-0.4, -0.2) is 39.7 Å². The summed E-state index contributed by atoms with van der Waals surface area (Å²) >= 11 is 0. The fourth-order valence-corrected chi connectivity index (χ4v) is 3.42. The minimum Gasteiger partial charge on any atom is -0.459 e. The van der Waals surface area contributed by atoms with Gasteiger partial charge in [-0.15, -0.1) is 0 Å². The van der Waals surface area contributed by atoms with Gasteiger partial charge in [0.05, 0.1) is 18.5 Å². The average Bonchev–Trinajstić information content (AvgIpc) is 3.40. The highest BCUT2D eigenvalue weighted by Gasteiger charge is 2.27. The van der Waals surface area contributed by atoms with Gasteiger partial charge in [-0.1, -0.05) is 6.07 Å². The topological polar surface area (TPSA) is 92.4 Å². The number of rotatable bonds is 4. The summed E-state index contributed by atoms with van der Waals surface area (Å²) in [4.78, 5) is 26.4. The van der Waals surface area contributed by atoms with Crippen molar-refractivity contribution in [1.82, 2.24) is 14.7 Å². The maximum atomic E-state index is 13.3. The van der Waals surface area contributed by atoms with Crippen molar-refractivity contribution in [2.45, 2.75) is 18.9 Å². The van der Waals surface area contributed by atoms with Crippen LogP contribution in [0.1, 0.15) is 29.4 Å². The quantitative estimate of drug-likeness (QED) is 0.702. The zero-order valence-corrected chi connectivity index (χ0v) is 15.5. The molecule has 9 heteroatoms. The summed E-state index contributed by atoms with van der Waals surface area (Å²) in [6.07, 6.45) is 4.50. The number of urea groups is 1. The second kappa shape index (κ2) is 8.17. The van der Waals surface area contributed by atoms with E-state index in [-0.39, 0.29) is 11.9 Å². The molecule has 1 aliphatic heterocycles. The first-order valence-corrected chi connectivity index (χ1v) is 9.30. The van der Waals surface area contributed by atoms with Crippen molar-refractivity contribution in [2.75, 3.05) is 23.7 Å². The van der Waals surface area contributed by atoms with Crippen LogP contribution in [0.2, 0.25) is 0 Å². The molecule has 3 heterocycles. The molecule has 3 aromatic rings. The molecular formula is C20H20FN5O3. The number of amides is 3. The van der Waals surface area contributed by atoms with Gasteiger partial charge in [-0.2, -0.15) is 5.10 Å². The summed E-state index contributed by atoms with van der Waals surface area (Å²) < 4.78 is 20.2. The Morgan fingerprint density at radius 2 is 1.93 bits per heavy atom. The molecule has 0 unspecified atom stereocenters. The number of carbonyl (C=O) groups excluding carboxylic acids is 2. The first-order chi connectivity index (χ1) is 14.1. The number of benzene rings is 1. The molecule has 2 aromatic heterocycles. The fourth-order valence-electron chi connectivity index (χ4n) is 3.42. The van der Waals surface area contributed by atoms with E-state index in [9.17, 15) is 14.0 Å². The fraction of sp³-hybridized carbons (Fsp3) is 0.250. The zero-order chi connectivity index (χ0) is 20.2. The Morgan fingerprint density at radius 1 is 1.10 bits per heavy atom. The third-order valence-corrected chi connectivity index (χ3v) is 4.82. The first kappa shape index (κ1) is 18.7. The first-order valence-electron chi connectivity index (χ1n) is 9.30. The monoisotopic (exact) mass is 397 g/mol. The number of anilines is 2. The molecule has 1 aliphatic rings. The number of likely N-dealkylation sites (tertiary alicyclic amines) is 1. The van der Waals surface area contributed by atoms with E-state index < -0.39 is 11.8 Å². The van der Waals surface area contributed by atoms with Crippen LogP contribution in [0.3, 0.4) is 0 Å². The molecule has 0 spiro atoms. The minimum atomic E-state index is -0.484. The van der Waals surface area contributed by atoms with Gasteiger partial charge in [0.25, 0.3) is 5.91 Å². The molecule has 0 bridgehead atoms. The van der Waals surface area contributed by atoms with Gasteiger partial charge in [0.2, 0.25) is 0 Å². The van der Waals surface area contributed by atoms with Gasteiger partial charge in [0, 0.05) is 24.8 Å². The summed E-state index contributed by atoms with van der Waals surface area (Å²) in [5, 5.41) is 9.66. The van der Waals surface area contributed by atoms with E-state index in [4.69, 9.17) is 4.42 Å². The third kappa shape index (κ3) is 4.29. The van der Waals surface area contributed by atoms with Crippen LogP contribution in [0, 0.1) is 5.82 Å². The molecule has 3 amide bonds. The van der Waals surface area contributed by atoms with Gasteiger partial charge >= 0.3 is 6.03 Å². The summed E-state index contributed by atoms with van der Waals surface area (Å²) in [6.45, 7) is 1.14. The summed E-state index contributed by atoms with van der Waals surface area (Å²) in [7, 11) is 0. The maximum absolute atomic E-state index is 13.3. The lowest BCUT2D eigenvalue weighted by Crippen LogP contribution is -2.39. The van der Waals surface area contributed by atoms with Crippen LogP contribution in [0.4, 0.5) is 20.7 Å². The molecule has 1 aromatic carbocycles. The largest absolute Gasteiger partial charge is 0.459 e. The number of aromatic nitrogens is 2. The molecule has 0 atom stereocenters. The zero-order valence-electron chi connectivity index (χ0n) is 15.5. The van der Waals surface area contributed by atoms with Crippen LogP contribution in [0.25, 0.3) is 0 Å². The standard InChI is InChI=1S/C20H20FN5O3/c21-14-3-1-4-15(13-14)23-20(28)24-18-6-9-22-26(18)16-7-10-25(11-8-16)19(27)17-5-2-12-29-17/h1-6,9,12-13,16H,7-8,10-11H2,(H2,23,24,28). The molecule has 8 nitrogen and oxygen atoms in total. The van der Waals surface area contributed by atoms with E-state index in [0.717, 1.165) is 0 Å². The van der Waals surface area contributed by atoms with Crippen molar-refractivity contribution < 1.29 is 18.4 Å². The molecule has 29 heavy (non-hydrogen) atoms. The molecule has 0 radical (unpaired) electrons. The summed E-state index contributed by atoms with van der Waals surface area (Å²) in [5.41, 5.74) is 0.360. The molecule has 0 aliphatic carbocycles. The Hall–Kier alpha value is -3.62. The van der Waals surface area contributed by atoms with Gasteiger partial charge in [0.1, 0.15) is 11.6 Å². The van der Waals surface area contributed by atoms with Gasteiger partial charge < -0.3 is 14.6 Å². The second-order valence-corrected chi connectivity index (χ2v) is 6.75. The van der Waals surface area contributed by atoms with E-state index in [1.807, 2.05) is 0 Å². The Kier molecular flexibility index (Phi) is 5.28. The highest BCUT2D eigenvalue weighted by atomic mass is 19.1. The van der Waals surface area contributed by atoms with Gasteiger partial charge in [-0.05, 0) is 43.2 Å². The normalized spacial score (nSPS) is 14.6. The molecule has 4 rings (SSSR count). The van der Waals surface area contributed by atoms with E-state index in [1.165, 1.54) is 24.5 Å². The average molecular weight is 397 g/mol. The molecular weight excluding hydrogens is 377 g/mol. The predicted octanol–water partition coefficient (Wildman–Crippen LogP) is 3.74. The molecule has 2 N–H and O–H groups in total. The van der Waals surface area contributed by atoms with Gasteiger partial charge in [-0.25, -0.2) is 13.9 Å². The van der Waals surface area contributed by atoms with Crippen LogP contribution in [0.15, 0.2) is 59.3 Å². The number of hydrogen-bond acceptors (Lipinski definition) is 4. The number of piperidine rings is 1. The SMILES string of the molecule is O=C(Nc1cccc(F)c1)Nc1ccnn1C1CCN(C(=O)c2ccco2)CC1. The van der Waals surface area contributed by atoms with Crippen LogP contribution in [0.5, 0.6) is 0 Å². The molecule has 1 fully saturated rings. The van der Waals surface area contributed by atoms with Crippen LogP contribution in [-0.2, 0) is 0 Å². The van der Waals surface area contributed by atoms with Gasteiger partial charge in [0.15, 0.2) is 5.76 Å². The number of nitrogens with zero attached hydrogens (tertiary/aromatic N) is 3. The summed E-state index contributed by atoms with van der Waals surface area (Å²) in [6, 6.07) is 10.3. The lowest BCUT2D eigenvalue weighted by Gasteiger charge is -2.32. The number of furan rings is 1. The molecule has 150 valence electrons. The highest BCUT2D eigenvalue weighted by molar-refractivity contribution is 5.99. The van der Waals surface area contributed by atoms with E-state index in [1.54, 1.807) is 40.0 Å². The number of carbonyl (C=O) groups is 2. The van der Waals surface area contributed by atoms with Gasteiger partial charge in [-0.3, -0.25) is 10.1 Å². The van der Waals surface area contributed by atoms with E-state index >= 15 is 0 Å². The Balaban J connectivity index is 1.36. The number of halogens is 1. The summed E-state index contributed by atoms with van der Waals surface area (Å²) in [5.74, 6) is 0.319. The minimum absolute atomic E-state index is 0.0510. The van der Waals surface area contributed by atoms with Crippen molar-refractivity contribution >= 4 is 23.4 Å². The maximum Gasteiger partial charge on any atom is 0.324 e. The Labute approximate surface area is 166 Å². The van der Waals surface area contributed by atoms with Crippen molar-refractivity contribution in [3.63, 3.8) is 0 Å². The Bertz CT molecular complexity index is 993. The lowest BCUT2D eigenvalue weighted by atomic mass is 10.0. The Morgan fingerprint density at radius 3 is 2.66 bits per heavy atom. The second-order valence-electron chi connectivity index (χ2n) is 6.75. The third-order valence-electron chi connectivity index (χ3n) is 4.82. The van der Waals surface area contributed by atoms with E-state index in [0.29, 0.717) is 43.2 Å². The number of nitrogens with one attached hydrogen (secondary N) is 2. The van der Waals surface area contributed by atoms with Crippen molar-refractivity contribution in [3.8, 4) is 0 Å². The smallest absolute Gasteiger partial charge is 0.324 e. The van der Waals surface area contributed by atoms with Crippen molar-refractivity contribution in [1.29, 1.82) is 0 Å². The lowest BCUT2D eigenvalue weighted by molar-refractivity contribution is 0.0659. The van der Waals surface area contributed by atoms with Crippen molar-refractivity contribution in [3.05, 3.63) is 66.5 Å². The van der Waals surface area contributed by atoms with E-state index in [2.05, 4.69) is 15.7 Å². The molecule has 1 saturated heterocycles. The molecule has 0 saturated carbocycles. The predicted molar refractivity (Wildman–Crippen MR) is 104 cm³/mol. The van der Waals surface area contributed by atoms with Crippen molar-refractivity contribution in [2.24, 2.45) is 0 Å².